The molecular weight excluding hydrogens is 398 g/mol. The minimum absolute atomic E-state index is 0.283. The molecule has 0 heterocycles. The topological polar surface area (TPSA) is 87.3 Å². The molecule has 0 aliphatic heterocycles. The molecule has 0 fully saturated rings. The molecular formula is C23H25N3O3S. The number of urea groups is 1. The molecule has 0 saturated carbocycles. The van der Waals surface area contributed by atoms with Crippen molar-refractivity contribution in [3.05, 3.63) is 89.5 Å². The average Bonchev–Trinajstić information content (AvgIpc) is 2.70. The summed E-state index contributed by atoms with van der Waals surface area (Å²) in [4.78, 5) is 12.4. The van der Waals surface area contributed by atoms with Gasteiger partial charge in [0, 0.05) is 17.4 Å². The fourth-order valence-electron chi connectivity index (χ4n) is 3.03. The second kappa shape index (κ2) is 9.11. The maximum atomic E-state index is 12.8. The van der Waals surface area contributed by atoms with E-state index in [1.807, 2.05) is 31.2 Å². The number of para-hydroxylation sites is 1. The number of carbonyl (C=O) groups is 1. The van der Waals surface area contributed by atoms with Crippen molar-refractivity contribution in [1.82, 2.24) is 4.72 Å². The summed E-state index contributed by atoms with van der Waals surface area (Å²) < 4.78 is 28.3. The van der Waals surface area contributed by atoms with Crippen LogP contribution in [0.2, 0.25) is 0 Å². The van der Waals surface area contributed by atoms with Crippen molar-refractivity contribution in [2.75, 3.05) is 10.6 Å². The number of carbonyl (C=O) groups excluding carboxylic acids is 1. The van der Waals surface area contributed by atoms with E-state index in [4.69, 9.17) is 0 Å². The van der Waals surface area contributed by atoms with E-state index in [1.165, 1.54) is 0 Å². The van der Waals surface area contributed by atoms with Crippen LogP contribution >= 0.6 is 0 Å². The molecule has 3 rings (SSSR count). The maximum Gasteiger partial charge on any atom is 0.323 e. The van der Waals surface area contributed by atoms with Crippen LogP contribution in [0.15, 0.2) is 77.7 Å². The standard InChI is InChI=1S/C23H25N3O3S/c1-16-9-10-17(2)22(15-16)30(28,29)26-18(3)19-11-13-21(14-12-19)25-23(27)24-20-7-5-4-6-8-20/h4-15,18,26H,1-3H3,(H2,24,25,27). The van der Waals surface area contributed by atoms with E-state index in [0.717, 1.165) is 11.1 Å². The molecule has 30 heavy (non-hydrogen) atoms. The van der Waals surface area contributed by atoms with Gasteiger partial charge in [-0.2, -0.15) is 0 Å². The highest BCUT2D eigenvalue weighted by atomic mass is 32.2. The van der Waals surface area contributed by atoms with E-state index in [1.54, 1.807) is 62.4 Å². The monoisotopic (exact) mass is 423 g/mol. The van der Waals surface area contributed by atoms with Crippen molar-refractivity contribution in [2.24, 2.45) is 0 Å². The van der Waals surface area contributed by atoms with Crippen LogP contribution in [0.5, 0.6) is 0 Å². The molecule has 0 aromatic heterocycles. The van der Waals surface area contributed by atoms with Gasteiger partial charge in [-0.15, -0.1) is 0 Å². The Balaban J connectivity index is 1.65. The number of hydrogen-bond donors (Lipinski definition) is 3. The Morgan fingerprint density at radius 2 is 1.43 bits per heavy atom. The molecule has 1 atom stereocenters. The molecule has 3 aromatic carbocycles. The summed E-state index contributed by atoms with van der Waals surface area (Å²) in [6, 6.07) is 20.8. The summed E-state index contributed by atoms with van der Waals surface area (Å²) in [6.45, 7) is 5.43. The van der Waals surface area contributed by atoms with Gasteiger partial charge >= 0.3 is 6.03 Å². The van der Waals surface area contributed by atoms with E-state index in [9.17, 15) is 13.2 Å². The van der Waals surface area contributed by atoms with E-state index < -0.39 is 16.1 Å². The predicted molar refractivity (Wildman–Crippen MR) is 120 cm³/mol. The summed E-state index contributed by atoms with van der Waals surface area (Å²) in [7, 11) is -3.65. The van der Waals surface area contributed by atoms with Gasteiger partial charge in [-0.3, -0.25) is 0 Å². The van der Waals surface area contributed by atoms with Crippen LogP contribution in [0.1, 0.15) is 29.7 Å². The first kappa shape index (κ1) is 21.5. The number of hydrogen-bond acceptors (Lipinski definition) is 3. The van der Waals surface area contributed by atoms with Gasteiger partial charge in [-0.25, -0.2) is 17.9 Å². The predicted octanol–water partition coefficient (Wildman–Crippen LogP) is 4.99. The first-order chi connectivity index (χ1) is 14.2. The van der Waals surface area contributed by atoms with Gasteiger partial charge in [0.25, 0.3) is 0 Å². The molecule has 0 radical (unpaired) electrons. The highest BCUT2D eigenvalue weighted by molar-refractivity contribution is 7.89. The lowest BCUT2D eigenvalue weighted by molar-refractivity contribution is 0.262. The SMILES string of the molecule is Cc1ccc(C)c(S(=O)(=O)NC(C)c2ccc(NC(=O)Nc3ccccc3)cc2)c1. The Labute approximate surface area is 177 Å². The minimum atomic E-state index is -3.65. The molecule has 6 nitrogen and oxygen atoms in total. The molecule has 3 aromatic rings. The summed E-state index contributed by atoms with van der Waals surface area (Å²) in [6.07, 6.45) is 0. The van der Waals surface area contributed by atoms with Gasteiger partial charge in [-0.05, 0) is 67.8 Å². The second-order valence-electron chi connectivity index (χ2n) is 7.18. The van der Waals surface area contributed by atoms with Crippen molar-refractivity contribution in [1.29, 1.82) is 0 Å². The van der Waals surface area contributed by atoms with E-state index >= 15 is 0 Å². The molecule has 0 bridgehead atoms. The normalized spacial score (nSPS) is 12.2. The molecule has 3 N–H and O–H groups in total. The first-order valence-corrected chi connectivity index (χ1v) is 11.1. The fraction of sp³-hybridized carbons (Fsp3) is 0.174. The second-order valence-corrected chi connectivity index (χ2v) is 8.86. The first-order valence-electron chi connectivity index (χ1n) is 9.57. The van der Waals surface area contributed by atoms with Crippen LogP contribution in [0.3, 0.4) is 0 Å². The van der Waals surface area contributed by atoms with E-state index in [2.05, 4.69) is 15.4 Å². The lowest BCUT2D eigenvalue weighted by Gasteiger charge is -2.17. The quantitative estimate of drug-likeness (QED) is 0.522. The molecule has 2 amide bonds. The lowest BCUT2D eigenvalue weighted by atomic mass is 10.1. The molecule has 0 aliphatic rings. The Morgan fingerprint density at radius 3 is 2.07 bits per heavy atom. The van der Waals surface area contributed by atoms with Gasteiger partial charge in [0.2, 0.25) is 10.0 Å². The average molecular weight is 424 g/mol. The van der Waals surface area contributed by atoms with Crippen molar-refractivity contribution >= 4 is 27.4 Å². The van der Waals surface area contributed by atoms with Crippen molar-refractivity contribution in [3.8, 4) is 0 Å². The van der Waals surface area contributed by atoms with Crippen molar-refractivity contribution in [2.45, 2.75) is 31.7 Å². The molecule has 0 spiro atoms. The maximum absolute atomic E-state index is 12.8. The number of nitrogens with one attached hydrogen (secondary N) is 3. The molecule has 1 unspecified atom stereocenters. The Hall–Kier alpha value is -3.16. The molecule has 7 heteroatoms. The van der Waals surface area contributed by atoms with Crippen LogP contribution in [-0.4, -0.2) is 14.4 Å². The highest BCUT2D eigenvalue weighted by Gasteiger charge is 2.20. The Morgan fingerprint density at radius 1 is 0.833 bits per heavy atom. The van der Waals surface area contributed by atoms with Gasteiger partial charge < -0.3 is 10.6 Å². The third kappa shape index (κ3) is 5.46. The van der Waals surface area contributed by atoms with Gasteiger partial charge in [0.1, 0.15) is 0 Å². The zero-order valence-corrected chi connectivity index (χ0v) is 18.0. The number of anilines is 2. The lowest BCUT2D eigenvalue weighted by Crippen LogP contribution is -2.27. The van der Waals surface area contributed by atoms with Crippen LogP contribution in [-0.2, 0) is 10.0 Å². The fourth-order valence-corrected chi connectivity index (χ4v) is 4.59. The Bertz CT molecular complexity index is 1130. The number of benzene rings is 3. The highest BCUT2D eigenvalue weighted by Crippen LogP contribution is 2.22. The van der Waals surface area contributed by atoms with Crippen LogP contribution < -0.4 is 15.4 Å². The zero-order valence-electron chi connectivity index (χ0n) is 17.1. The summed E-state index contributed by atoms with van der Waals surface area (Å²) in [5, 5.41) is 5.50. The van der Waals surface area contributed by atoms with Crippen LogP contribution in [0, 0.1) is 13.8 Å². The molecule has 156 valence electrons. The van der Waals surface area contributed by atoms with Gasteiger partial charge in [-0.1, -0.05) is 42.5 Å². The summed E-state index contributed by atoms with van der Waals surface area (Å²) >= 11 is 0. The van der Waals surface area contributed by atoms with Crippen molar-refractivity contribution < 1.29 is 13.2 Å². The number of amides is 2. The Kier molecular flexibility index (Phi) is 6.54. The number of sulfonamides is 1. The smallest absolute Gasteiger partial charge is 0.308 e. The summed E-state index contributed by atoms with van der Waals surface area (Å²) in [5.74, 6) is 0. The third-order valence-electron chi connectivity index (χ3n) is 4.67. The van der Waals surface area contributed by atoms with E-state index in [-0.39, 0.29) is 10.9 Å². The third-order valence-corrected chi connectivity index (χ3v) is 6.35. The molecule has 0 aliphatic carbocycles. The van der Waals surface area contributed by atoms with Gasteiger partial charge in [0.15, 0.2) is 0 Å². The number of aryl methyl sites for hydroxylation is 2. The summed E-state index contributed by atoms with van der Waals surface area (Å²) in [5.41, 5.74) is 3.68. The largest absolute Gasteiger partial charge is 0.323 e. The van der Waals surface area contributed by atoms with Crippen molar-refractivity contribution in [3.63, 3.8) is 0 Å². The zero-order chi connectivity index (χ0) is 21.7. The minimum Gasteiger partial charge on any atom is -0.308 e. The van der Waals surface area contributed by atoms with E-state index in [0.29, 0.717) is 16.9 Å². The van der Waals surface area contributed by atoms with Crippen LogP contribution in [0.4, 0.5) is 16.2 Å². The molecule has 0 saturated heterocycles. The van der Waals surface area contributed by atoms with Crippen LogP contribution in [0.25, 0.3) is 0 Å². The van der Waals surface area contributed by atoms with Gasteiger partial charge in [0.05, 0.1) is 4.90 Å². The number of rotatable bonds is 6.